The van der Waals surface area contributed by atoms with E-state index in [-0.39, 0.29) is 0 Å². The molecule has 0 aliphatic heterocycles. The first-order valence-corrected chi connectivity index (χ1v) is 2.17. The lowest BCUT2D eigenvalue weighted by Crippen LogP contribution is -1.63. The molecule has 0 bridgehead atoms. The van der Waals surface area contributed by atoms with Gasteiger partial charge in [0.1, 0.15) is 0 Å². The van der Waals surface area contributed by atoms with Crippen molar-refractivity contribution < 1.29 is 0 Å². The Morgan fingerprint density at radius 2 is 2.50 bits per heavy atom. The highest BCUT2D eigenvalue weighted by molar-refractivity contribution is 4.69. The monoisotopic (exact) mass is 82.1 g/mol. The molecule has 0 atom stereocenters. The van der Waals surface area contributed by atoms with Crippen molar-refractivity contribution in [2.75, 3.05) is 0 Å². The minimum atomic E-state index is 1.05. The Balaban J connectivity index is 2.49. The summed E-state index contributed by atoms with van der Waals surface area (Å²) in [6.07, 6.45) is 7.01. The van der Waals surface area contributed by atoms with Crippen LogP contribution in [0.4, 0.5) is 0 Å². The molecule has 0 saturated carbocycles. The Bertz CT molecular complexity index is 29.0. The van der Waals surface area contributed by atoms with Gasteiger partial charge in [-0.1, -0.05) is 13.0 Å². The summed E-state index contributed by atoms with van der Waals surface area (Å²) in [6, 6.07) is 0. The molecule has 0 unspecified atom stereocenters. The van der Waals surface area contributed by atoms with Crippen LogP contribution in [0.2, 0.25) is 0 Å². The number of allylic oxidation sites excluding steroid dienone is 1. The summed E-state index contributed by atoms with van der Waals surface area (Å²) >= 11 is 0. The SMILES string of the molecule is C=CCC[C]C. The van der Waals surface area contributed by atoms with Crippen LogP contribution in [-0.2, 0) is 0 Å². The second-order valence-corrected chi connectivity index (χ2v) is 1.18. The van der Waals surface area contributed by atoms with E-state index >= 15 is 0 Å². The van der Waals surface area contributed by atoms with Gasteiger partial charge in [0.2, 0.25) is 0 Å². The van der Waals surface area contributed by atoms with E-state index in [1.54, 1.807) is 0 Å². The number of hydrogen-bond donors (Lipinski definition) is 0. The van der Waals surface area contributed by atoms with Gasteiger partial charge in [0.25, 0.3) is 0 Å². The topological polar surface area (TPSA) is 0 Å². The van der Waals surface area contributed by atoms with Crippen LogP contribution in [0.5, 0.6) is 0 Å². The van der Waals surface area contributed by atoms with Crippen molar-refractivity contribution in [1.82, 2.24) is 0 Å². The molecule has 0 fully saturated rings. The van der Waals surface area contributed by atoms with Gasteiger partial charge in [-0.15, -0.1) is 6.58 Å². The van der Waals surface area contributed by atoms with E-state index in [2.05, 4.69) is 13.0 Å². The van der Waals surface area contributed by atoms with Gasteiger partial charge >= 0.3 is 0 Å². The van der Waals surface area contributed by atoms with Crippen molar-refractivity contribution in [2.45, 2.75) is 19.8 Å². The van der Waals surface area contributed by atoms with Crippen LogP contribution in [0.15, 0.2) is 12.7 Å². The molecule has 0 amide bonds. The Labute approximate surface area is 39.9 Å². The zero-order valence-electron chi connectivity index (χ0n) is 4.20. The molecule has 0 heteroatoms. The molecule has 0 rings (SSSR count). The van der Waals surface area contributed by atoms with Crippen molar-refractivity contribution in [3.05, 3.63) is 19.1 Å². The second kappa shape index (κ2) is 4.74. The molecular formula is C6H10. The smallest absolute Gasteiger partial charge is 0.0204 e. The summed E-state index contributed by atoms with van der Waals surface area (Å²) in [5.41, 5.74) is 0. The largest absolute Gasteiger partial charge is 0.103 e. The molecule has 0 heterocycles. The fourth-order valence-corrected chi connectivity index (χ4v) is 0.246. The molecule has 0 aliphatic rings. The van der Waals surface area contributed by atoms with E-state index in [1.807, 2.05) is 13.0 Å². The van der Waals surface area contributed by atoms with Gasteiger partial charge in [-0.2, -0.15) is 0 Å². The number of hydrogen-bond acceptors (Lipinski definition) is 0. The molecule has 0 aromatic rings. The lowest BCUT2D eigenvalue weighted by atomic mass is 10.3. The number of unbranched alkanes of at least 4 members (excludes halogenated alkanes) is 2. The van der Waals surface area contributed by atoms with Crippen LogP contribution < -0.4 is 0 Å². The molecule has 0 spiro atoms. The van der Waals surface area contributed by atoms with Crippen LogP contribution in [0.1, 0.15) is 19.8 Å². The van der Waals surface area contributed by atoms with Gasteiger partial charge < -0.3 is 0 Å². The Morgan fingerprint density at radius 1 is 1.83 bits per heavy atom. The predicted molar refractivity (Wildman–Crippen MR) is 28.3 cm³/mol. The summed E-state index contributed by atoms with van der Waals surface area (Å²) in [6.45, 7) is 5.49. The Kier molecular flexibility index (Phi) is 4.53. The van der Waals surface area contributed by atoms with E-state index in [9.17, 15) is 0 Å². The van der Waals surface area contributed by atoms with E-state index in [1.165, 1.54) is 0 Å². The molecule has 0 aromatic carbocycles. The van der Waals surface area contributed by atoms with Crippen molar-refractivity contribution in [3.63, 3.8) is 0 Å². The summed E-state index contributed by atoms with van der Waals surface area (Å²) in [5, 5.41) is 0. The fraction of sp³-hybridized carbons (Fsp3) is 0.500. The van der Waals surface area contributed by atoms with Gasteiger partial charge in [0.15, 0.2) is 0 Å². The third-order valence-electron chi connectivity index (χ3n) is 0.598. The van der Waals surface area contributed by atoms with Crippen molar-refractivity contribution in [1.29, 1.82) is 0 Å². The first-order valence-electron chi connectivity index (χ1n) is 2.17. The van der Waals surface area contributed by atoms with Crippen molar-refractivity contribution in [3.8, 4) is 0 Å². The average Bonchev–Trinajstić information content (AvgIpc) is 1.61. The van der Waals surface area contributed by atoms with E-state index in [0.717, 1.165) is 12.8 Å². The van der Waals surface area contributed by atoms with Gasteiger partial charge in [-0.3, -0.25) is 0 Å². The van der Waals surface area contributed by atoms with Gasteiger partial charge in [0.05, 0.1) is 0 Å². The highest BCUT2D eigenvalue weighted by Gasteiger charge is 1.72. The lowest BCUT2D eigenvalue weighted by molar-refractivity contribution is 0.976. The Hall–Kier alpha value is -0.260. The highest BCUT2D eigenvalue weighted by Crippen LogP contribution is 1.90. The zero-order valence-corrected chi connectivity index (χ0v) is 4.20. The standard InChI is InChI=1S/C6H10/c1-3-5-6-4-2/h3H,1,5-6H2,2H3. The molecule has 34 valence electrons. The van der Waals surface area contributed by atoms with Crippen LogP contribution in [0.25, 0.3) is 0 Å². The molecule has 0 saturated heterocycles. The summed E-state index contributed by atoms with van der Waals surface area (Å²) in [5.74, 6) is 0. The third-order valence-corrected chi connectivity index (χ3v) is 0.598. The molecule has 0 N–H and O–H groups in total. The van der Waals surface area contributed by atoms with Gasteiger partial charge in [0, 0.05) is 0 Å². The molecule has 6 heavy (non-hydrogen) atoms. The minimum absolute atomic E-state index is 1.05. The third kappa shape index (κ3) is 3.74. The summed E-state index contributed by atoms with van der Waals surface area (Å²) in [7, 11) is 0. The first-order chi connectivity index (χ1) is 2.91. The normalized spacial score (nSPS) is 8.17. The van der Waals surface area contributed by atoms with Crippen molar-refractivity contribution >= 4 is 0 Å². The van der Waals surface area contributed by atoms with Crippen LogP contribution in [0.3, 0.4) is 0 Å². The van der Waals surface area contributed by atoms with Crippen LogP contribution in [-0.4, -0.2) is 0 Å². The first kappa shape index (κ1) is 5.74. The molecule has 0 nitrogen and oxygen atoms in total. The minimum Gasteiger partial charge on any atom is -0.103 e. The molecule has 0 aromatic heterocycles. The van der Waals surface area contributed by atoms with E-state index in [4.69, 9.17) is 0 Å². The Morgan fingerprint density at radius 3 is 2.67 bits per heavy atom. The van der Waals surface area contributed by atoms with E-state index < -0.39 is 0 Å². The van der Waals surface area contributed by atoms with E-state index in [0.29, 0.717) is 0 Å². The summed E-state index contributed by atoms with van der Waals surface area (Å²) < 4.78 is 0. The maximum absolute atomic E-state index is 3.56. The van der Waals surface area contributed by atoms with Crippen LogP contribution in [0, 0.1) is 6.42 Å². The summed E-state index contributed by atoms with van der Waals surface area (Å²) in [4.78, 5) is 0. The van der Waals surface area contributed by atoms with Gasteiger partial charge in [-0.05, 0) is 19.3 Å². The van der Waals surface area contributed by atoms with Gasteiger partial charge in [-0.25, -0.2) is 0 Å². The fourth-order valence-electron chi connectivity index (χ4n) is 0.246. The zero-order chi connectivity index (χ0) is 4.83. The quantitative estimate of drug-likeness (QED) is 0.361. The van der Waals surface area contributed by atoms with Crippen LogP contribution >= 0.6 is 0 Å². The lowest BCUT2D eigenvalue weighted by Gasteiger charge is -1.80. The molecular weight excluding hydrogens is 72.1 g/mol. The predicted octanol–water partition coefficient (Wildman–Crippen LogP) is 2.05. The number of rotatable bonds is 3. The molecule has 0 aliphatic carbocycles. The molecule has 2 radical (unpaired) electrons. The highest BCUT2D eigenvalue weighted by atomic mass is 13.8. The maximum atomic E-state index is 3.56. The second-order valence-electron chi connectivity index (χ2n) is 1.18. The maximum Gasteiger partial charge on any atom is -0.0204 e. The average molecular weight is 82.1 g/mol. The van der Waals surface area contributed by atoms with Crippen molar-refractivity contribution in [2.24, 2.45) is 0 Å².